The van der Waals surface area contributed by atoms with Crippen LogP contribution in [0.3, 0.4) is 0 Å². The smallest absolute Gasteiger partial charge is 0.248 e. The van der Waals surface area contributed by atoms with Gasteiger partial charge < -0.3 is 29.2 Å². The van der Waals surface area contributed by atoms with Crippen LogP contribution in [0.1, 0.15) is 62.2 Å². The number of ether oxygens (including phenoxy) is 4. The fraction of sp³-hybridized carbons (Fsp3) is 0.412. The quantitative estimate of drug-likeness (QED) is 0.230. The minimum atomic E-state index is -1.04. The minimum Gasteiger partial charge on any atom is -0.497 e. The lowest BCUT2D eigenvalue weighted by atomic mass is 9.94. The molecule has 11 heteroatoms. The summed E-state index contributed by atoms with van der Waals surface area (Å²) in [7, 11) is 6.16. The van der Waals surface area contributed by atoms with Crippen LogP contribution in [0.5, 0.6) is 23.0 Å². The average Bonchev–Trinajstić information content (AvgIpc) is 3.51. The summed E-state index contributed by atoms with van der Waals surface area (Å²) in [4.78, 5) is 30.8. The van der Waals surface area contributed by atoms with Crippen LogP contribution in [0.2, 0.25) is 0 Å². The van der Waals surface area contributed by atoms with Gasteiger partial charge in [0.1, 0.15) is 23.3 Å². The zero-order valence-electron chi connectivity index (χ0n) is 26.5. The number of nitrogens with one attached hydrogen (secondary N) is 1. The van der Waals surface area contributed by atoms with Gasteiger partial charge in [0, 0.05) is 12.6 Å². The number of carbonyl (C=O) groups excluding carboxylic acids is 2. The highest BCUT2D eigenvalue weighted by molar-refractivity contribution is 5.91. The largest absolute Gasteiger partial charge is 0.497 e. The van der Waals surface area contributed by atoms with Gasteiger partial charge in [-0.05, 0) is 67.3 Å². The molecule has 5 rings (SSSR count). The lowest BCUT2D eigenvalue weighted by Crippen LogP contribution is -2.48. The van der Waals surface area contributed by atoms with Gasteiger partial charge in [0.2, 0.25) is 17.6 Å². The van der Waals surface area contributed by atoms with Crippen molar-refractivity contribution in [2.75, 3.05) is 28.4 Å². The number of nitrogens with zero attached hydrogens (tertiary/aromatic N) is 4. The highest BCUT2D eigenvalue weighted by Crippen LogP contribution is 2.41. The summed E-state index contributed by atoms with van der Waals surface area (Å²) in [6, 6.07) is 16.6. The lowest BCUT2D eigenvalue weighted by molar-refractivity contribution is -0.144. The number of carbonyl (C=O) groups is 2. The van der Waals surface area contributed by atoms with Crippen LogP contribution >= 0.6 is 0 Å². The summed E-state index contributed by atoms with van der Waals surface area (Å²) in [5, 5.41) is 11.9. The number of para-hydroxylation sites is 1. The van der Waals surface area contributed by atoms with E-state index in [9.17, 15) is 9.59 Å². The SMILES string of the molecule is COc1cccc(CN(C(=O)[C@H](C)n2nnc3ccccc32)[C@H](C(=O)NC2CCCCC2)c2cc(OC)c(OC)c(OC)c2)c1. The van der Waals surface area contributed by atoms with Crippen LogP contribution in [-0.4, -0.2) is 66.2 Å². The molecule has 0 radical (unpaired) electrons. The molecule has 0 aliphatic heterocycles. The van der Waals surface area contributed by atoms with Gasteiger partial charge in [0.05, 0.1) is 34.0 Å². The summed E-state index contributed by atoms with van der Waals surface area (Å²) in [6.45, 7) is 1.89. The van der Waals surface area contributed by atoms with Crippen molar-refractivity contribution in [3.05, 3.63) is 71.8 Å². The minimum absolute atomic E-state index is 0.0150. The van der Waals surface area contributed by atoms with E-state index < -0.39 is 12.1 Å². The first-order valence-electron chi connectivity index (χ1n) is 15.2. The predicted molar refractivity (Wildman–Crippen MR) is 170 cm³/mol. The van der Waals surface area contributed by atoms with E-state index >= 15 is 0 Å². The van der Waals surface area contributed by atoms with E-state index in [1.54, 1.807) is 35.7 Å². The lowest BCUT2D eigenvalue weighted by Gasteiger charge is -2.35. The van der Waals surface area contributed by atoms with Gasteiger partial charge in [0.15, 0.2) is 11.5 Å². The second-order valence-electron chi connectivity index (χ2n) is 11.2. The second-order valence-corrected chi connectivity index (χ2v) is 11.2. The first kappa shape index (κ1) is 31.6. The Hall–Kier alpha value is -4.80. The number of aromatic nitrogens is 3. The highest BCUT2D eigenvalue weighted by atomic mass is 16.5. The van der Waals surface area contributed by atoms with E-state index in [0.717, 1.165) is 43.2 Å². The standard InChI is InChI=1S/C34H41N5O6/c1-22(39-28-17-10-9-16-27(28)36-37-39)34(41)38(21-23-12-11-15-26(18-23)42-2)31(33(40)35-25-13-7-6-8-14-25)24-19-29(43-3)32(45-5)30(20-24)44-4/h9-12,15-20,22,25,31H,6-8,13-14,21H2,1-5H3,(H,35,40)/t22-,31-/m0/s1. The normalized spacial score (nSPS) is 14.8. The Labute approximate surface area is 263 Å². The van der Waals surface area contributed by atoms with E-state index in [2.05, 4.69) is 15.6 Å². The van der Waals surface area contributed by atoms with E-state index in [4.69, 9.17) is 18.9 Å². The third-order valence-electron chi connectivity index (χ3n) is 8.39. The molecule has 1 aliphatic rings. The Kier molecular flexibility index (Phi) is 10.1. The second kappa shape index (κ2) is 14.3. The molecule has 4 aromatic rings. The summed E-state index contributed by atoms with van der Waals surface area (Å²) < 4.78 is 24.0. The van der Waals surface area contributed by atoms with Gasteiger partial charge in [-0.25, -0.2) is 4.68 Å². The molecule has 1 aromatic heterocycles. The summed E-state index contributed by atoms with van der Waals surface area (Å²) >= 11 is 0. The molecule has 1 saturated carbocycles. The monoisotopic (exact) mass is 615 g/mol. The molecule has 0 unspecified atom stereocenters. The van der Waals surface area contributed by atoms with Gasteiger partial charge in [-0.15, -0.1) is 5.10 Å². The first-order valence-corrected chi connectivity index (χ1v) is 15.2. The van der Waals surface area contributed by atoms with Crippen LogP contribution in [0.4, 0.5) is 0 Å². The molecule has 238 valence electrons. The Bertz CT molecular complexity index is 1610. The third kappa shape index (κ3) is 6.82. The Morgan fingerprint density at radius 3 is 2.29 bits per heavy atom. The zero-order chi connectivity index (χ0) is 31.9. The molecule has 0 bridgehead atoms. The molecule has 2 amide bonds. The molecule has 3 aromatic carbocycles. The third-order valence-corrected chi connectivity index (χ3v) is 8.39. The molecule has 45 heavy (non-hydrogen) atoms. The summed E-state index contributed by atoms with van der Waals surface area (Å²) in [5.41, 5.74) is 2.70. The van der Waals surface area contributed by atoms with E-state index in [1.165, 1.54) is 21.3 Å². The van der Waals surface area contributed by atoms with Crippen LogP contribution in [0.25, 0.3) is 11.0 Å². The van der Waals surface area contributed by atoms with E-state index in [0.29, 0.717) is 34.1 Å². The Morgan fingerprint density at radius 2 is 1.62 bits per heavy atom. The van der Waals surface area contributed by atoms with E-state index in [-0.39, 0.29) is 24.4 Å². The van der Waals surface area contributed by atoms with Gasteiger partial charge in [-0.2, -0.15) is 0 Å². The molecule has 0 saturated heterocycles. The Morgan fingerprint density at radius 1 is 0.911 bits per heavy atom. The van der Waals surface area contributed by atoms with Gasteiger partial charge in [-0.1, -0.05) is 48.7 Å². The van der Waals surface area contributed by atoms with Crippen molar-refractivity contribution in [3.8, 4) is 23.0 Å². The number of benzene rings is 3. The van der Waals surface area contributed by atoms with Crippen LogP contribution < -0.4 is 24.3 Å². The number of fused-ring (bicyclic) bond motifs is 1. The van der Waals surface area contributed by atoms with Crippen molar-refractivity contribution in [2.45, 2.75) is 63.7 Å². The number of hydrogen-bond acceptors (Lipinski definition) is 8. The summed E-state index contributed by atoms with van der Waals surface area (Å²) in [6.07, 6.45) is 5.01. The number of rotatable bonds is 12. The topological polar surface area (TPSA) is 117 Å². The molecule has 0 spiro atoms. The number of hydrogen-bond donors (Lipinski definition) is 1. The van der Waals surface area contributed by atoms with Gasteiger partial charge >= 0.3 is 0 Å². The fourth-order valence-electron chi connectivity index (χ4n) is 6.04. The van der Waals surface area contributed by atoms with Gasteiger partial charge in [-0.3, -0.25) is 9.59 Å². The fourth-order valence-corrected chi connectivity index (χ4v) is 6.04. The van der Waals surface area contributed by atoms with Crippen molar-refractivity contribution < 1.29 is 28.5 Å². The Balaban J connectivity index is 1.65. The predicted octanol–water partition coefficient (Wildman–Crippen LogP) is 5.25. The summed E-state index contributed by atoms with van der Waals surface area (Å²) in [5.74, 6) is 1.20. The maximum atomic E-state index is 14.7. The number of amides is 2. The molecule has 11 nitrogen and oxygen atoms in total. The maximum Gasteiger partial charge on any atom is 0.248 e. The van der Waals surface area contributed by atoms with Crippen molar-refractivity contribution >= 4 is 22.8 Å². The molecule has 1 N–H and O–H groups in total. The van der Waals surface area contributed by atoms with Crippen molar-refractivity contribution in [1.82, 2.24) is 25.2 Å². The maximum absolute atomic E-state index is 14.7. The van der Waals surface area contributed by atoms with Crippen molar-refractivity contribution in [2.24, 2.45) is 0 Å². The van der Waals surface area contributed by atoms with Crippen LogP contribution in [-0.2, 0) is 16.1 Å². The van der Waals surface area contributed by atoms with Crippen LogP contribution in [0.15, 0.2) is 60.7 Å². The van der Waals surface area contributed by atoms with E-state index in [1.807, 2.05) is 48.5 Å². The number of methoxy groups -OCH3 is 4. The average molecular weight is 616 g/mol. The first-order chi connectivity index (χ1) is 21.9. The molecule has 1 heterocycles. The molecular formula is C34H41N5O6. The molecule has 1 aliphatic carbocycles. The van der Waals surface area contributed by atoms with Crippen LogP contribution in [0, 0.1) is 0 Å². The zero-order valence-corrected chi connectivity index (χ0v) is 26.5. The molecule has 1 fully saturated rings. The van der Waals surface area contributed by atoms with Crippen molar-refractivity contribution in [1.29, 1.82) is 0 Å². The van der Waals surface area contributed by atoms with Gasteiger partial charge in [0.25, 0.3) is 0 Å². The highest BCUT2D eigenvalue weighted by Gasteiger charge is 2.37. The molecular weight excluding hydrogens is 574 g/mol. The van der Waals surface area contributed by atoms with Crippen molar-refractivity contribution in [3.63, 3.8) is 0 Å². The molecule has 2 atom stereocenters.